The summed E-state index contributed by atoms with van der Waals surface area (Å²) < 4.78 is 81.5. The van der Waals surface area contributed by atoms with Crippen molar-refractivity contribution in [2.45, 2.75) is 61.0 Å². The summed E-state index contributed by atoms with van der Waals surface area (Å²) in [7, 11) is 5.46. The summed E-state index contributed by atoms with van der Waals surface area (Å²) in [6, 6.07) is 76.2. The van der Waals surface area contributed by atoms with Crippen LogP contribution < -0.4 is 15.0 Å². The second-order valence-electron chi connectivity index (χ2n) is 22.6. The van der Waals surface area contributed by atoms with Crippen molar-refractivity contribution >= 4 is 28.9 Å². The summed E-state index contributed by atoms with van der Waals surface area (Å²) in [5.41, 5.74) is 19.2. The van der Waals surface area contributed by atoms with E-state index in [1.165, 1.54) is 44.0 Å². The zero-order valence-electron chi connectivity index (χ0n) is 56.7. The van der Waals surface area contributed by atoms with Crippen LogP contribution in [0.1, 0.15) is 57.0 Å². The molecule has 12 aromatic rings. The minimum absolute atomic E-state index is 0.0635. The van der Waals surface area contributed by atoms with E-state index in [0.717, 1.165) is 103 Å². The maximum absolute atomic E-state index is 12.4. The fourth-order valence-electron chi connectivity index (χ4n) is 9.34. The van der Waals surface area contributed by atoms with Crippen molar-refractivity contribution in [2.24, 2.45) is 0 Å². The van der Waals surface area contributed by atoms with Gasteiger partial charge in [0.15, 0.2) is 5.69 Å². The molecule has 0 aliphatic heterocycles. The third kappa shape index (κ3) is 24.5. The van der Waals surface area contributed by atoms with Crippen LogP contribution in [-0.2, 0) is 15.7 Å². The number of aromatic nitrogens is 6. The Morgan fingerprint density at radius 3 is 0.970 bits per heavy atom. The molecule has 508 valence electrons. The van der Waals surface area contributed by atoms with E-state index in [2.05, 4.69) is 78.7 Å². The monoisotopic (exact) mass is 1350 g/mol. The number of hydrogen-bond acceptors (Lipinski definition) is 11. The third-order valence-electron chi connectivity index (χ3n) is 14.3. The van der Waals surface area contributed by atoms with Crippen LogP contribution in [0.2, 0.25) is 0 Å². The standard InChI is InChI=1S/C14H14N2O.C14H16N2.C14H13NO2.C13H10F3NO.C13H10F3N.C13H10N2/c1-10-4-3-5-14(15-10)12-6-8-13(9-7-12)16-11(2)17;1-11-5-4-6-14(15-11)12-7-9-13(10-8-12)16(2)3;1-10-4-3-5-13(15-10)11-6-8-12(9-7-11)14(16)17-2;1-9-3-2-4-12(17-9)10-5-7-11(8-6-10)18-13(14,15)16;1-9-3-2-4-12(17-9)10-5-7-11(8-6-10)13(14,15)16;1-10-4-3-5-13(15-10)11-6-8-12(14-2)9-7-11/h3-9H,1-2H3,(H,16,17);4-10H,1-3H3;3-9H,1-2H3;2-8H,1H3;2-8H,1H3;3-9H,1H3. The summed E-state index contributed by atoms with van der Waals surface area (Å²) in [4.78, 5) is 53.9. The van der Waals surface area contributed by atoms with Gasteiger partial charge < -0.3 is 19.7 Å². The zero-order chi connectivity index (χ0) is 72.4. The predicted molar refractivity (Wildman–Crippen MR) is 384 cm³/mol. The van der Waals surface area contributed by atoms with Crippen molar-refractivity contribution < 1.29 is 45.4 Å². The summed E-state index contributed by atoms with van der Waals surface area (Å²) in [5, 5.41) is 2.74. The molecule has 0 atom stereocenters. The number of nitrogens with one attached hydrogen (secondary N) is 1. The van der Waals surface area contributed by atoms with Crippen molar-refractivity contribution in [3.8, 4) is 73.3 Å². The first-order chi connectivity index (χ1) is 47.7. The molecule has 6 aromatic carbocycles. The first-order valence-electron chi connectivity index (χ1n) is 31.2. The minimum atomic E-state index is -4.66. The number of carbonyl (C=O) groups excluding carboxylic acids is 2. The molecule has 0 aliphatic carbocycles. The minimum Gasteiger partial charge on any atom is -0.465 e. The van der Waals surface area contributed by atoms with Crippen LogP contribution in [0.15, 0.2) is 255 Å². The molecule has 0 bridgehead atoms. The first kappa shape index (κ1) is 75.2. The lowest BCUT2D eigenvalue weighted by molar-refractivity contribution is -0.274. The van der Waals surface area contributed by atoms with Crippen molar-refractivity contribution in [3.05, 3.63) is 311 Å². The highest BCUT2D eigenvalue weighted by Gasteiger charge is 2.31. The summed E-state index contributed by atoms with van der Waals surface area (Å²) in [6.45, 7) is 20.0. The number of benzene rings is 6. The van der Waals surface area contributed by atoms with E-state index >= 15 is 0 Å². The molecule has 1 N–H and O–H groups in total. The number of amides is 1. The lowest BCUT2D eigenvalue weighted by Crippen LogP contribution is -2.16. The average Bonchev–Trinajstić information content (AvgIpc) is 0.915. The largest absolute Gasteiger partial charge is 0.573 e. The van der Waals surface area contributed by atoms with E-state index in [1.807, 2.05) is 213 Å². The highest BCUT2D eigenvalue weighted by atomic mass is 19.4. The van der Waals surface area contributed by atoms with Gasteiger partial charge in [0.2, 0.25) is 5.91 Å². The molecule has 0 unspecified atom stereocenters. The van der Waals surface area contributed by atoms with Crippen molar-refractivity contribution in [1.82, 2.24) is 29.9 Å². The second-order valence-corrected chi connectivity index (χ2v) is 22.6. The molecule has 6 heterocycles. The van der Waals surface area contributed by atoms with Gasteiger partial charge in [0, 0.05) is 94.4 Å². The topological polar surface area (TPSA) is 150 Å². The van der Waals surface area contributed by atoms with E-state index in [9.17, 15) is 35.9 Å². The maximum Gasteiger partial charge on any atom is 0.573 e. The Bertz CT molecular complexity index is 4640. The van der Waals surface area contributed by atoms with E-state index in [4.69, 9.17) is 6.57 Å². The van der Waals surface area contributed by atoms with Crippen molar-refractivity contribution in [1.29, 1.82) is 0 Å². The predicted octanol–water partition coefficient (Wildman–Crippen LogP) is 20.6. The lowest BCUT2D eigenvalue weighted by Gasteiger charge is -2.12. The molecule has 0 radical (unpaired) electrons. The molecule has 1 amide bonds. The second kappa shape index (κ2) is 36.3. The number of alkyl halides is 6. The Balaban J connectivity index is 0.000000169. The molecule has 12 rings (SSSR count). The summed E-state index contributed by atoms with van der Waals surface area (Å²) in [6.07, 6.45) is -8.96. The molecule has 6 aromatic heterocycles. The Kier molecular flexibility index (Phi) is 27.3. The van der Waals surface area contributed by atoms with Gasteiger partial charge in [-0.1, -0.05) is 109 Å². The smallest absolute Gasteiger partial charge is 0.465 e. The molecular formula is C81H73F6N9O4. The first-order valence-corrected chi connectivity index (χ1v) is 31.2. The van der Waals surface area contributed by atoms with Crippen LogP contribution in [0.4, 0.5) is 43.4 Å². The zero-order valence-corrected chi connectivity index (χ0v) is 56.7. The van der Waals surface area contributed by atoms with E-state index in [0.29, 0.717) is 28.2 Å². The summed E-state index contributed by atoms with van der Waals surface area (Å²) in [5.74, 6) is -0.626. The van der Waals surface area contributed by atoms with Gasteiger partial charge in [-0.25, -0.2) is 9.64 Å². The van der Waals surface area contributed by atoms with E-state index < -0.39 is 18.1 Å². The highest BCUT2D eigenvalue weighted by molar-refractivity contribution is 5.90. The molecule has 0 saturated carbocycles. The van der Waals surface area contributed by atoms with Gasteiger partial charge in [-0.3, -0.25) is 34.7 Å². The fraction of sp³-hybridized carbons (Fsp3) is 0.148. The molecule has 13 nitrogen and oxygen atoms in total. The summed E-state index contributed by atoms with van der Waals surface area (Å²) >= 11 is 0. The van der Waals surface area contributed by atoms with Gasteiger partial charge in [0.1, 0.15) is 5.75 Å². The molecule has 0 spiro atoms. The molecule has 100 heavy (non-hydrogen) atoms. The third-order valence-corrected chi connectivity index (χ3v) is 14.3. The number of rotatable bonds is 10. The number of methoxy groups -OCH3 is 1. The maximum atomic E-state index is 12.4. The number of anilines is 2. The van der Waals surface area contributed by atoms with Gasteiger partial charge in [0.05, 0.1) is 59.0 Å². The number of aryl methyl sites for hydroxylation is 6. The van der Waals surface area contributed by atoms with Crippen LogP contribution >= 0.6 is 0 Å². The number of nitrogens with zero attached hydrogens (tertiary/aromatic N) is 8. The molecule has 0 saturated heterocycles. The number of pyridine rings is 6. The Hall–Kier alpha value is -12.2. The SMILES string of the molecule is CC(=O)Nc1ccc(-c2cccc(C)n2)cc1.COC(=O)c1ccc(-c2cccc(C)n2)cc1.Cc1cccc(-c2ccc(C(F)(F)F)cc2)n1.Cc1cccc(-c2ccc(N(C)C)cc2)n1.Cc1cccc(-c2ccc(OC(F)(F)F)cc2)n1.[C-]#[N+]c1ccc(-c2cccc(C)n2)cc1. The Labute approximate surface area is 578 Å². The van der Waals surface area contributed by atoms with Gasteiger partial charge in [-0.05, 0) is 193 Å². The van der Waals surface area contributed by atoms with Crippen LogP contribution in [-0.4, -0.2) is 69.3 Å². The average molecular weight is 1350 g/mol. The quantitative estimate of drug-likeness (QED) is 0.0792. The lowest BCUT2D eigenvalue weighted by atomic mass is 10.1. The number of carbonyl (C=O) groups is 2. The molecule has 19 heteroatoms. The molecular weight excluding hydrogens is 1280 g/mol. The van der Waals surface area contributed by atoms with E-state index in [1.54, 1.807) is 36.4 Å². The number of ether oxygens (including phenoxy) is 2. The molecule has 0 aliphatic rings. The van der Waals surface area contributed by atoms with Crippen LogP contribution in [0.25, 0.3) is 72.4 Å². The van der Waals surface area contributed by atoms with Crippen molar-refractivity contribution in [2.75, 3.05) is 31.4 Å². The Morgan fingerprint density at radius 2 is 0.700 bits per heavy atom. The Morgan fingerprint density at radius 1 is 0.410 bits per heavy atom. The van der Waals surface area contributed by atoms with E-state index in [-0.39, 0.29) is 17.6 Å². The normalized spacial score (nSPS) is 10.5. The van der Waals surface area contributed by atoms with Gasteiger partial charge >= 0.3 is 18.5 Å². The van der Waals surface area contributed by atoms with Crippen LogP contribution in [0.5, 0.6) is 5.75 Å². The number of halogens is 6. The molecule has 0 fully saturated rings. The fourth-order valence-corrected chi connectivity index (χ4v) is 9.34. The van der Waals surface area contributed by atoms with Gasteiger partial charge in [-0.15, -0.1) is 13.2 Å². The van der Waals surface area contributed by atoms with Crippen LogP contribution in [0, 0.1) is 48.1 Å². The van der Waals surface area contributed by atoms with Crippen LogP contribution in [0.3, 0.4) is 0 Å². The van der Waals surface area contributed by atoms with Gasteiger partial charge in [0.25, 0.3) is 0 Å². The number of esters is 1. The number of hydrogen-bond donors (Lipinski definition) is 1. The van der Waals surface area contributed by atoms with Crippen molar-refractivity contribution in [3.63, 3.8) is 0 Å². The van der Waals surface area contributed by atoms with Gasteiger partial charge in [-0.2, -0.15) is 13.2 Å². The highest BCUT2D eigenvalue weighted by Crippen LogP contribution is 2.32.